The lowest BCUT2D eigenvalue weighted by Crippen LogP contribution is -1.98. The maximum atomic E-state index is 9.64. The van der Waals surface area contributed by atoms with E-state index in [2.05, 4.69) is 103 Å². The van der Waals surface area contributed by atoms with Gasteiger partial charge in [0, 0.05) is 16.3 Å². The number of benzene rings is 8. The van der Waals surface area contributed by atoms with E-state index in [4.69, 9.17) is 4.74 Å². The molecule has 2 heteroatoms. The first-order valence-corrected chi connectivity index (χ1v) is 13.8. The molecule has 0 bridgehead atoms. The largest absolute Gasteiger partial charge is 0.456 e. The van der Waals surface area contributed by atoms with Crippen molar-refractivity contribution in [3.05, 3.63) is 133 Å². The zero-order chi connectivity index (χ0) is 27.1. The van der Waals surface area contributed by atoms with Gasteiger partial charge in [-0.1, -0.05) is 103 Å². The Bertz CT molecular complexity index is 2400. The van der Waals surface area contributed by atoms with Crippen molar-refractivity contribution in [3.8, 4) is 50.9 Å². The molecule has 0 spiro atoms. The van der Waals surface area contributed by atoms with Gasteiger partial charge in [0.2, 0.25) is 0 Å². The van der Waals surface area contributed by atoms with E-state index in [0.29, 0.717) is 5.56 Å². The Labute approximate surface area is 236 Å². The van der Waals surface area contributed by atoms with Gasteiger partial charge < -0.3 is 4.74 Å². The van der Waals surface area contributed by atoms with Crippen molar-refractivity contribution in [1.29, 1.82) is 5.26 Å². The standard InChI is InChI=1S/C39H21NO/c40-22-27-14-20-34-31-17-13-26(21-36(31)41-35-8-4-7-30(27)39(34)35)29-16-10-25-11-18-32-28(23-5-2-1-3-6-23)15-9-24-12-19-33(29)38(25)37(24)32/h1-21H. The second-order valence-corrected chi connectivity index (χ2v) is 10.8. The molecule has 0 amide bonds. The highest BCUT2D eigenvalue weighted by Crippen LogP contribution is 2.49. The van der Waals surface area contributed by atoms with Gasteiger partial charge in [-0.2, -0.15) is 5.26 Å². The van der Waals surface area contributed by atoms with Crippen LogP contribution in [0.25, 0.3) is 76.5 Å². The Morgan fingerprint density at radius 1 is 0.439 bits per heavy atom. The highest BCUT2D eigenvalue weighted by atomic mass is 16.5. The van der Waals surface area contributed by atoms with Gasteiger partial charge in [0.25, 0.3) is 0 Å². The minimum absolute atomic E-state index is 0.665. The van der Waals surface area contributed by atoms with E-state index >= 15 is 0 Å². The highest BCUT2D eigenvalue weighted by Gasteiger charge is 2.22. The normalized spacial score (nSPS) is 12.1. The fraction of sp³-hybridized carbons (Fsp3) is 0. The van der Waals surface area contributed by atoms with E-state index in [-0.39, 0.29) is 0 Å². The Morgan fingerprint density at radius 3 is 1.83 bits per heavy atom. The number of hydrogen-bond donors (Lipinski definition) is 0. The van der Waals surface area contributed by atoms with Crippen molar-refractivity contribution in [2.75, 3.05) is 0 Å². The third kappa shape index (κ3) is 3.06. The molecule has 8 aromatic carbocycles. The van der Waals surface area contributed by atoms with Gasteiger partial charge in [-0.3, -0.25) is 0 Å². The summed E-state index contributed by atoms with van der Waals surface area (Å²) in [6.45, 7) is 0. The third-order valence-electron chi connectivity index (χ3n) is 8.67. The van der Waals surface area contributed by atoms with Crippen molar-refractivity contribution in [1.82, 2.24) is 0 Å². The molecule has 0 saturated heterocycles. The van der Waals surface area contributed by atoms with Crippen LogP contribution in [-0.4, -0.2) is 0 Å². The summed E-state index contributed by atoms with van der Waals surface area (Å²) in [4.78, 5) is 0. The molecule has 41 heavy (non-hydrogen) atoms. The third-order valence-corrected chi connectivity index (χ3v) is 8.67. The zero-order valence-electron chi connectivity index (χ0n) is 22.0. The van der Waals surface area contributed by atoms with Gasteiger partial charge >= 0.3 is 0 Å². The van der Waals surface area contributed by atoms with Crippen LogP contribution >= 0.6 is 0 Å². The van der Waals surface area contributed by atoms with Gasteiger partial charge in [0.05, 0.1) is 11.6 Å². The first-order valence-electron chi connectivity index (χ1n) is 13.8. The van der Waals surface area contributed by atoms with E-state index in [1.165, 1.54) is 49.0 Å². The van der Waals surface area contributed by atoms with Crippen LogP contribution in [-0.2, 0) is 0 Å². The topological polar surface area (TPSA) is 33.0 Å². The minimum Gasteiger partial charge on any atom is -0.456 e. The van der Waals surface area contributed by atoms with Crippen LogP contribution in [0.1, 0.15) is 5.56 Å². The van der Waals surface area contributed by atoms with Crippen molar-refractivity contribution >= 4 is 43.1 Å². The second kappa shape index (κ2) is 8.18. The molecular weight excluding hydrogens is 498 g/mol. The lowest BCUT2D eigenvalue weighted by atomic mass is 9.86. The summed E-state index contributed by atoms with van der Waals surface area (Å²) in [5.74, 6) is 1.63. The molecule has 0 aromatic heterocycles. The number of nitriles is 1. The van der Waals surface area contributed by atoms with Crippen LogP contribution in [0.4, 0.5) is 0 Å². The summed E-state index contributed by atoms with van der Waals surface area (Å²) in [7, 11) is 0. The predicted molar refractivity (Wildman–Crippen MR) is 169 cm³/mol. The minimum atomic E-state index is 0.665. The van der Waals surface area contributed by atoms with Crippen LogP contribution in [0, 0.1) is 11.3 Å². The fourth-order valence-electron chi connectivity index (χ4n) is 6.82. The van der Waals surface area contributed by atoms with Crippen LogP contribution in [0.15, 0.2) is 127 Å². The van der Waals surface area contributed by atoms with Gasteiger partial charge in [-0.15, -0.1) is 0 Å². The van der Waals surface area contributed by atoms with Gasteiger partial charge in [0.1, 0.15) is 11.5 Å². The summed E-state index contributed by atoms with van der Waals surface area (Å²) in [5, 5.41) is 19.2. The maximum absolute atomic E-state index is 9.64. The Kier molecular flexibility index (Phi) is 4.43. The molecule has 0 saturated carbocycles. The molecule has 1 aliphatic heterocycles. The first-order chi connectivity index (χ1) is 20.3. The smallest absolute Gasteiger partial charge is 0.135 e. The Morgan fingerprint density at radius 2 is 1.10 bits per heavy atom. The zero-order valence-corrected chi connectivity index (χ0v) is 22.0. The van der Waals surface area contributed by atoms with Crippen molar-refractivity contribution in [2.24, 2.45) is 0 Å². The first kappa shape index (κ1) is 22.2. The van der Waals surface area contributed by atoms with Crippen LogP contribution in [0.2, 0.25) is 0 Å². The molecule has 1 heterocycles. The molecule has 9 rings (SSSR count). The molecule has 0 radical (unpaired) electrons. The van der Waals surface area contributed by atoms with E-state index in [1.54, 1.807) is 0 Å². The Balaban J connectivity index is 1.27. The number of fused-ring (bicyclic) bond motifs is 2. The molecule has 0 atom stereocenters. The SMILES string of the molecule is N#Cc1ccc2c3c(cccc13)Oc1cc(-c3ccc4ccc5c(-c6ccccc6)ccc6ccc3c4c65)ccc1-2. The van der Waals surface area contributed by atoms with Gasteiger partial charge in [0.15, 0.2) is 0 Å². The molecule has 8 aromatic rings. The summed E-state index contributed by atoms with van der Waals surface area (Å²) < 4.78 is 6.49. The molecule has 0 aliphatic carbocycles. The maximum Gasteiger partial charge on any atom is 0.135 e. The lowest BCUT2D eigenvalue weighted by molar-refractivity contribution is 0.487. The van der Waals surface area contributed by atoms with Crippen molar-refractivity contribution in [3.63, 3.8) is 0 Å². The van der Waals surface area contributed by atoms with E-state index in [1.807, 2.05) is 30.3 Å². The monoisotopic (exact) mass is 519 g/mol. The van der Waals surface area contributed by atoms with Crippen LogP contribution in [0.5, 0.6) is 11.5 Å². The molecule has 0 N–H and O–H groups in total. The van der Waals surface area contributed by atoms with E-state index in [9.17, 15) is 5.26 Å². The molecule has 0 unspecified atom stereocenters. The fourth-order valence-corrected chi connectivity index (χ4v) is 6.82. The summed E-state index contributed by atoms with van der Waals surface area (Å²) in [6, 6.07) is 47.4. The summed E-state index contributed by atoms with van der Waals surface area (Å²) >= 11 is 0. The second-order valence-electron chi connectivity index (χ2n) is 10.8. The summed E-state index contributed by atoms with van der Waals surface area (Å²) in [6.07, 6.45) is 0. The van der Waals surface area contributed by atoms with Crippen molar-refractivity contribution < 1.29 is 4.74 Å². The van der Waals surface area contributed by atoms with Gasteiger partial charge in [-0.25, -0.2) is 0 Å². The molecule has 188 valence electrons. The van der Waals surface area contributed by atoms with Crippen LogP contribution < -0.4 is 4.74 Å². The lowest BCUT2D eigenvalue weighted by Gasteiger charge is -2.23. The number of hydrogen-bond acceptors (Lipinski definition) is 2. The van der Waals surface area contributed by atoms with Gasteiger partial charge in [-0.05, 0) is 84.4 Å². The number of rotatable bonds is 2. The summed E-state index contributed by atoms with van der Waals surface area (Å²) in [5.41, 5.74) is 7.61. The number of ether oxygens (including phenoxy) is 1. The predicted octanol–water partition coefficient (Wildman–Crippen LogP) is 10.7. The Hall–Kier alpha value is -5.65. The quantitative estimate of drug-likeness (QED) is 0.213. The molecule has 1 aliphatic rings. The average Bonchev–Trinajstić information content (AvgIpc) is 3.03. The highest BCUT2D eigenvalue weighted by molar-refractivity contribution is 6.27. The average molecular weight is 520 g/mol. The number of nitrogens with zero attached hydrogens (tertiary/aromatic N) is 1. The van der Waals surface area contributed by atoms with E-state index in [0.717, 1.165) is 39.0 Å². The van der Waals surface area contributed by atoms with E-state index < -0.39 is 0 Å². The molecule has 0 fully saturated rings. The molecule has 2 nitrogen and oxygen atoms in total. The molecular formula is C39H21NO. The van der Waals surface area contributed by atoms with Crippen LogP contribution in [0.3, 0.4) is 0 Å². The van der Waals surface area contributed by atoms with Crippen molar-refractivity contribution in [2.45, 2.75) is 0 Å².